The molecule has 124 valence electrons. The summed E-state index contributed by atoms with van der Waals surface area (Å²) in [6.07, 6.45) is 4.29. The van der Waals surface area contributed by atoms with Crippen LogP contribution in [0.4, 0.5) is 0 Å². The molecule has 0 saturated carbocycles. The van der Waals surface area contributed by atoms with Crippen molar-refractivity contribution < 1.29 is 14.3 Å². The Morgan fingerprint density at radius 3 is 2.75 bits per heavy atom. The van der Waals surface area contributed by atoms with Gasteiger partial charge < -0.3 is 14.5 Å². The van der Waals surface area contributed by atoms with Crippen LogP contribution in [0, 0.1) is 0 Å². The van der Waals surface area contributed by atoms with Crippen LogP contribution in [0.2, 0.25) is 0 Å². The van der Waals surface area contributed by atoms with Gasteiger partial charge in [-0.25, -0.2) is 9.97 Å². The molecule has 0 unspecified atom stereocenters. The summed E-state index contributed by atoms with van der Waals surface area (Å²) >= 11 is 0. The molecule has 1 fully saturated rings. The largest absolute Gasteiger partial charge is 0.497 e. The minimum atomic E-state index is -0.218. The normalized spacial score (nSPS) is 14.6. The minimum Gasteiger partial charge on any atom is -0.497 e. The molecular weight excluding hydrogens is 308 g/mol. The van der Waals surface area contributed by atoms with Crippen molar-refractivity contribution in [3.8, 4) is 5.75 Å². The fourth-order valence-electron chi connectivity index (χ4n) is 2.63. The molecule has 1 aliphatic heterocycles. The molecule has 2 heterocycles. The average Bonchev–Trinajstić information content (AvgIpc) is 2.63. The summed E-state index contributed by atoms with van der Waals surface area (Å²) in [7, 11) is 1.61. The highest BCUT2D eigenvalue weighted by molar-refractivity contribution is 5.96. The highest BCUT2D eigenvalue weighted by Gasteiger charge is 2.28. The molecule has 0 aliphatic carbocycles. The fraction of sp³-hybridized carbons (Fsp3) is 0.294. The number of carbonyl (C=O) groups excluding carboxylic acids is 2. The second-order valence-electron chi connectivity index (χ2n) is 5.52. The number of methoxy groups -OCH3 is 1. The number of carbonyl (C=O) groups is 2. The van der Waals surface area contributed by atoms with E-state index in [1.807, 2.05) is 24.3 Å². The number of nitrogens with zero attached hydrogens (tertiary/aromatic N) is 4. The molecular formula is C17H18N4O3. The number of hydrogen-bond donors (Lipinski definition) is 0. The SMILES string of the molecule is COc1cccc(CN2CCN(C(=O)c3cncnc3)CC2=O)c1. The van der Waals surface area contributed by atoms with Gasteiger partial charge in [0.25, 0.3) is 5.91 Å². The van der Waals surface area contributed by atoms with E-state index in [4.69, 9.17) is 4.74 Å². The van der Waals surface area contributed by atoms with E-state index in [2.05, 4.69) is 9.97 Å². The molecule has 1 saturated heterocycles. The summed E-state index contributed by atoms with van der Waals surface area (Å²) < 4.78 is 5.20. The van der Waals surface area contributed by atoms with Gasteiger partial charge in [-0.05, 0) is 17.7 Å². The van der Waals surface area contributed by atoms with Crippen LogP contribution in [0.1, 0.15) is 15.9 Å². The van der Waals surface area contributed by atoms with E-state index in [9.17, 15) is 9.59 Å². The third-order valence-electron chi connectivity index (χ3n) is 3.92. The van der Waals surface area contributed by atoms with Crippen molar-refractivity contribution in [2.75, 3.05) is 26.7 Å². The second-order valence-corrected chi connectivity index (χ2v) is 5.52. The summed E-state index contributed by atoms with van der Waals surface area (Å²) in [6, 6.07) is 7.62. The molecule has 2 aromatic rings. The summed E-state index contributed by atoms with van der Waals surface area (Å²) in [6.45, 7) is 1.56. The zero-order valence-electron chi connectivity index (χ0n) is 13.4. The van der Waals surface area contributed by atoms with E-state index in [0.29, 0.717) is 25.2 Å². The highest BCUT2D eigenvalue weighted by Crippen LogP contribution is 2.16. The van der Waals surface area contributed by atoms with Crippen LogP contribution in [0.5, 0.6) is 5.75 Å². The number of benzene rings is 1. The van der Waals surface area contributed by atoms with Gasteiger partial charge >= 0.3 is 0 Å². The predicted molar refractivity (Wildman–Crippen MR) is 86.3 cm³/mol. The van der Waals surface area contributed by atoms with Crippen LogP contribution >= 0.6 is 0 Å². The molecule has 3 rings (SSSR count). The Hall–Kier alpha value is -2.96. The zero-order chi connectivity index (χ0) is 16.9. The van der Waals surface area contributed by atoms with Crippen molar-refractivity contribution in [2.24, 2.45) is 0 Å². The van der Waals surface area contributed by atoms with Crippen LogP contribution in [-0.2, 0) is 11.3 Å². The second kappa shape index (κ2) is 7.08. The number of aromatic nitrogens is 2. The van der Waals surface area contributed by atoms with E-state index >= 15 is 0 Å². The molecule has 1 aliphatic rings. The third kappa shape index (κ3) is 3.51. The van der Waals surface area contributed by atoms with E-state index in [0.717, 1.165) is 11.3 Å². The zero-order valence-corrected chi connectivity index (χ0v) is 13.4. The first-order valence-electron chi connectivity index (χ1n) is 7.62. The molecule has 7 nitrogen and oxygen atoms in total. The van der Waals surface area contributed by atoms with E-state index in [-0.39, 0.29) is 18.4 Å². The van der Waals surface area contributed by atoms with Crippen LogP contribution in [0.25, 0.3) is 0 Å². The number of ether oxygens (including phenoxy) is 1. The summed E-state index contributed by atoms with van der Waals surface area (Å²) in [5, 5.41) is 0. The maximum Gasteiger partial charge on any atom is 0.257 e. The van der Waals surface area contributed by atoms with Crippen molar-refractivity contribution >= 4 is 11.8 Å². The molecule has 0 N–H and O–H groups in total. The first-order valence-corrected chi connectivity index (χ1v) is 7.62. The Kier molecular flexibility index (Phi) is 4.69. The molecule has 0 bridgehead atoms. The molecule has 0 atom stereocenters. The molecule has 1 aromatic carbocycles. The van der Waals surface area contributed by atoms with E-state index in [1.54, 1.807) is 12.0 Å². The van der Waals surface area contributed by atoms with Gasteiger partial charge in [-0.15, -0.1) is 0 Å². The quantitative estimate of drug-likeness (QED) is 0.837. The third-order valence-corrected chi connectivity index (χ3v) is 3.92. The molecule has 7 heteroatoms. The van der Waals surface area contributed by atoms with Crippen LogP contribution in [0.15, 0.2) is 43.0 Å². The lowest BCUT2D eigenvalue weighted by Gasteiger charge is -2.34. The van der Waals surface area contributed by atoms with E-state index < -0.39 is 0 Å². The Morgan fingerprint density at radius 1 is 1.25 bits per heavy atom. The van der Waals surface area contributed by atoms with Gasteiger partial charge in [0, 0.05) is 32.0 Å². The predicted octanol–water partition coefficient (Wildman–Crippen LogP) is 0.970. The van der Waals surface area contributed by atoms with Crippen molar-refractivity contribution in [3.63, 3.8) is 0 Å². The van der Waals surface area contributed by atoms with Gasteiger partial charge in [0.05, 0.1) is 12.7 Å². The lowest BCUT2D eigenvalue weighted by atomic mass is 10.1. The first-order chi connectivity index (χ1) is 11.7. The fourth-order valence-corrected chi connectivity index (χ4v) is 2.63. The Bertz CT molecular complexity index is 736. The summed E-state index contributed by atoms with van der Waals surface area (Å²) in [5.74, 6) is 0.470. The first kappa shape index (κ1) is 15.9. The minimum absolute atomic E-state index is 0.0672. The lowest BCUT2D eigenvalue weighted by molar-refractivity contribution is -0.135. The van der Waals surface area contributed by atoms with Crippen molar-refractivity contribution in [1.29, 1.82) is 0 Å². The number of piperazine rings is 1. The maximum absolute atomic E-state index is 12.4. The van der Waals surface area contributed by atoms with Crippen molar-refractivity contribution in [3.05, 3.63) is 54.1 Å². The standard InChI is InChI=1S/C17H18N4O3/c1-24-15-4-2-3-13(7-15)10-20-5-6-21(11-16(20)22)17(23)14-8-18-12-19-9-14/h2-4,7-9,12H,5-6,10-11H2,1H3. The van der Waals surface area contributed by atoms with E-state index in [1.165, 1.54) is 23.6 Å². The molecule has 0 spiro atoms. The Morgan fingerprint density at radius 2 is 2.04 bits per heavy atom. The van der Waals surface area contributed by atoms with Crippen LogP contribution < -0.4 is 4.74 Å². The van der Waals surface area contributed by atoms with Gasteiger partial charge in [0.15, 0.2) is 0 Å². The topological polar surface area (TPSA) is 75.6 Å². The van der Waals surface area contributed by atoms with Gasteiger partial charge in [0.2, 0.25) is 5.91 Å². The van der Waals surface area contributed by atoms with Crippen molar-refractivity contribution in [1.82, 2.24) is 19.8 Å². The number of rotatable bonds is 4. The van der Waals surface area contributed by atoms with Gasteiger partial charge in [-0.1, -0.05) is 12.1 Å². The average molecular weight is 326 g/mol. The molecule has 1 aromatic heterocycles. The Labute approximate surface area is 139 Å². The van der Waals surface area contributed by atoms with Gasteiger partial charge in [-0.2, -0.15) is 0 Å². The summed E-state index contributed by atoms with van der Waals surface area (Å²) in [5.41, 5.74) is 1.39. The molecule has 24 heavy (non-hydrogen) atoms. The smallest absolute Gasteiger partial charge is 0.257 e. The maximum atomic E-state index is 12.4. The van der Waals surface area contributed by atoms with Gasteiger partial charge in [0.1, 0.15) is 18.6 Å². The van der Waals surface area contributed by atoms with Gasteiger partial charge in [-0.3, -0.25) is 9.59 Å². The molecule has 0 radical (unpaired) electrons. The Balaban J connectivity index is 1.63. The number of amides is 2. The van der Waals surface area contributed by atoms with Crippen LogP contribution in [-0.4, -0.2) is 58.3 Å². The number of hydrogen-bond acceptors (Lipinski definition) is 5. The van der Waals surface area contributed by atoms with Crippen LogP contribution in [0.3, 0.4) is 0 Å². The highest BCUT2D eigenvalue weighted by atomic mass is 16.5. The summed E-state index contributed by atoms with van der Waals surface area (Å²) in [4.78, 5) is 35.7. The monoisotopic (exact) mass is 326 g/mol. The lowest BCUT2D eigenvalue weighted by Crippen LogP contribution is -2.51. The van der Waals surface area contributed by atoms with Crippen molar-refractivity contribution in [2.45, 2.75) is 6.54 Å². The molecule has 2 amide bonds.